The number of carbonyl (C=O) groups is 1. The predicted molar refractivity (Wildman–Crippen MR) is 89.6 cm³/mol. The van der Waals surface area contributed by atoms with Crippen LogP contribution in [0.1, 0.15) is 59.8 Å². The molecule has 2 rings (SSSR count). The lowest BCUT2D eigenvalue weighted by Gasteiger charge is -2.48. The largest absolute Gasteiger partial charge is 0.396 e. The third-order valence-corrected chi connectivity index (χ3v) is 5.40. The molecule has 2 N–H and O–H groups in total. The minimum Gasteiger partial charge on any atom is -0.396 e. The van der Waals surface area contributed by atoms with Crippen LogP contribution in [0.4, 0.5) is 0 Å². The fraction of sp³-hybridized carbons (Fsp3) is 0.944. The van der Waals surface area contributed by atoms with Crippen molar-refractivity contribution < 1.29 is 9.90 Å². The number of likely N-dealkylation sites (tertiary alicyclic amines) is 1. The first-order chi connectivity index (χ1) is 10.3. The molecular formula is C18H34N2O2. The van der Waals surface area contributed by atoms with Crippen molar-refractivity contribution in [1.82, 2.24) is 10.2 Å². The third kappa shape index (κ3) is 4.45. The molecular weight excluding hydrogens is 276 g/mol. The van der Waals surface area contributed by atoms with Crippen LogP contribution < -0.4 is 5.32 Å². The SMILES string of the molecule is CC1CCC1N1CC(CCCO)CC(NC(=O)C(C)(C)C)C1. The van der Waals surface area contributed by atoms with Gasteiger partial charge in [0.15, 0.2) is 0 Å². The van der Waals surface area contributed by atoms with Gasteiger partial charge in [0, 0.05) is 37.2 Å². The van der Waals surface area contributed by atoms with Crippen molar-refractivity contribution in [3.63, 3.8) is 0 Å². The second kappa shape index (κ2) is 7.31. The van der Waals surface area contributed by atoms with Gasteiger partial charge in [-0.3, -0.25) is 9.69 Å². The molecule has 0 radical (unpaired) electrons. The zero-order chi connectivity index (χ0) is 16.3. The summed E-state index contributed by atoms with van der Waals surface area (Å²) in [7, 11) is 0. The van der Waals surface area contributed by atoms with E-state index in [-0.39, 0.29) is 24.0 Å². The van der Waals surface area contributed by atoms with Crippen LogP contribution in [0.15, 0.2) is 0 Å². The molecule has 4 heteroatoms. The van der Waals surface area contributed by atoms with E-state index < -0.39 is 0 Å². The molecule has 128 valence electrons. The van der Waals surface area contributed by atoms with Gasteiger partial charge in [-0.1, -0.05) is 27.7 Å². The molecule has 4 unspecified atom stereocenters. The highest BCUT2D eigenvalue weighted by molar-refractivity contribution is 5.81. The lowest BCUT2D eigenvalue weighted by molar-refractivity contribution is -0.130. The lowest BCUT2D eigenvalue weighted by atomic mass is 9.77. The summed E-state index contributed by atoms with van der Waals surface area (Å²) >= 11 is 0. The number of nitrogens with one attached hydrogen (secondary N) is 1. The molecule has 1 heterocycles. The minimum absolute atomic E-state index is 0.155. The Balaban J connectivity index is 1.97. The van der Waals surface area contributed by atoms with Gasteiger partial charge in [0.05, 0.1) is 0 Å². The fourth-order valence-electron chi connectivity index (χ4n) is 3.80. The number of piperidine rings is 1. The van der Waals surface area contributed by atoms with Crippen molar-refractivity contribution >= 4 is 5.91 Å². The quantitative estimate of drug-likeness (QED) is 0.820. The number of nitrogens with zero attached hydrogens (tertiary/aromatic N) is 1. The van der Waals surface area contributed by atoms with E-state index in [0.29, 0.717) is 12.0 Å². The molecule has 0 spiro atoms. The summed E-state index contributed by atoms with van der Waals surface area (Å²) in [4.78, 5) is 14.9. The van der Waals surface area contributed by atoms with E-state index in [9.17, 15) is 4.79 Å². The Kier molecular flexibility index (Phi) is 5.89. The van der Waals surface area contributed by atoms with Crippen molar-refractivity contribution in [1.29, 1.82) is 0 Å². The molecule has 22 heavy (non-hydrogen) atoms. The summed E-state index contributed by atoms with van der Waals surface area (Å²) in [6, 6.07) is 0.961. The van der Waals surface area contributed by atoms with Crippen LogP contribution in [0.2, 0.25) is 0 Å². The van der Waals surface area contributed by atoms with Crippen LogP contribution >= 0.6 is 0 Å². The highest BCUT2D eigenvalue weighted by Gasteiger charge is 2.38. The molecule has 4 nitrogen and oxygen atoms in total. The van der Waals surface area contributed by atoms with Crippen LogP contribution in [-0.4, -0.2) is 47.7 Å². The van der Waals surface area contributed by atoms with Crippen molar-refractivity contribution in [2.24, 2.45) is 17.3 Å². The number of hydrogen-bond donors (Lipinski definition) is 2. The summed E-state index contributed by atoms with van der Waals surface area (Å²) in [5.74, 6) is 1.54. The molecule has 1 aliphatic heterocycles. The molecule has 1 saturated carbocycles. The van der Waals surface area contributed by atoms with Gasteiger partial charge in [0.25, 0.3) is 0 Å². The van der Waals surface area contributed by atoms with Crippen LogP contribution in [0, 0.1) is 17.3 Å². The Labute approximate surface area is 135 Å². The van der Waals surface area contributed by atoms with E-state index in [0.717, 1.165) is 38.3 Å². The van der Waals surface area contributed by atoms with Crippen molar-refractivity contribution in [2.45, 2.75) is 71.9 Å². The highest BCUT2D eigenvalue weighted by atomic mass is 16.2. The Morgan fingerprint density at radius 2 is 2.00 bits per heavy atom. The standard InChI is InChI=1S/C18H34N2O2/c1-13-7-8-16(13)20-11-14(6-5-9-21)10-15(12-20)19-17(22)18(2,3)4/h13-16,21H,5-12H2,1-4H3,(H,19,22). The van der Waals surface area contributed by atoms with Crippen LogP contribution in [0.3, 0.4) is 0 Å². The second-order valence-electron chi connectivity index (χ2n) is 8.46. The molecule has 0 aromatic rings. The zero-order valence-corrected chi connectivity index (χ0v) is 14.8. The van der Waals surface area contributed by atoms with Gasteiger partial charge in [-0.2, -0.15) is 0 Å². The normalized spacial score (nSPS) is 33.3. The smallest absolute Gasteiger partial charge is 0.225 e. The van der Waals surface area contributed by atoms with Gasteiger partial charge in [-0.15, -0.1) is 0 Å². The average molecular weight is 310 g/mol. The van der Waals surface area contributed by atoms with Gasteiger partial charge >= 0.3 is 0 Å². The van der Waals surface area contributed by atoms with E-state index in [1.54, 1.807) is 0 Å². The van der Waals surface area contributed by atoms with Crippen molar-refractivity contribution in [3.05, 3.63) is 0 Å². The first-order valence-corrected chi connectivity index (χ1v) is 8.97. The van der Waals surface area contributed by atoms with E-state index >= 15 is 0 Å². The summed E-state index contributed by atoms with van der Waals surface area (Å²) in [6.45, 7) is 10.7. The van der Waals surface area contributed by atoms with Gasteiger partial charge in [0.2, 0.25) is 5.91 Å². The Morgan fingerprint density at radius 3 is 2.50 bits per heavy atom. The molecule has 0 bridgehead atoms. The van der Waals surface area contributed by atoms with E-state index in [2.05, 4.69) is 17.1 Å². The van der Waals surface area contributed by atoms with Crippen LogP contribution in [0.5, 0.6) is 0 Å². The third-order valence-electron chi connectivity index (χ3n) is 5.40. The molecule has 1 aliphatic carbocycles. The van der Waals surface area contributed by atoms with Crippen molar-refractivity contribution in [2.75, 3.05) is 19.7 Å². The maximum atomic E-state index is 12.3. The average Bonchev–Trinajstić information content (AvgIpc) is 2.42. The summed E-state index contributed by atoms with van der Waals surface area (Å²) in [6.07, 6.45) is 5.63. The molecule has 2 aliphatic rings. The molecule has 0 aromatic carbocycles. The summed E-state index contributed by atoms with van der Waals surface area (Å²) < 4.78 is 0. The Morgan fingerprint density at radius 1 is 1.27 bits per heavy atom. The monoisotopic (exact) mass is 310 g/mol. The topological polar surface area (TPSA) is 52.6 Å². The van der Waals surface area contributed by atoms with E-state index in [1.165, 1.54) is 12.8 Å². The number of aliphatic hydroxyl groups excluding tert-OH is 1. The maximum absolute atomic E-state index is 12.3. The molecule has 4 atom stereocenters. The van der Waals surface area contributed by atoms with Crippen LogP contribution in [0.25, 0.3) is 0 Å². The molecule has 2 fully saturated rings. The van der Waals surface area contributed by atoms with Gasteiger partial charge in [-0.25, -0.2) is 0 Å². The molecule has 1 saturated heterocycles. The second-order valence-corrected chi connectivity index (χ2v) is 8.46. The molecule has 1 amide bonds. The Bertz CT molecular complexity index is 378. The van der Waals surface area contributed by atoms with Gasteiger partial charge in [0.1, 0.15) is 0 Å². The number of hydrogen-bond acceptors (Lipinski definition) is 3. The summed E-state index contributed by atoms with van der Waals surface area (Å²) in [5.41, 5.74) is -0.327. The predicted octanol–water partition coefficient (Wildman–Crippen LogP) is 2.41. The van der Waals surface area contributed by atoms with E-state index in [4.69, 9.17) is 5.11 Å². The number of carbonyl (C=O) groups excluding carboxylic acids is 1. The lowest BCUT2D eigenvalue weighted by Crippen LogP contribution is -2.58. The van der Waals surface area contributed by atoms with Gasteiger partial charge in [-0.05, 0) is 43.9 Å². The highest BCUT2D eigenvalue weighted by Crippen LogP contribution is 2.35. The number of amides is 1. The van der Waals surface area contributed by atoms with Gasteiger partial charge < -0.3 is 10.4 Å². The molecule has 0 aromatic heterocycles. The number of aliphatic hydroxyl groups is 1. The number of rotatable bonds is 5. The first-order valence-electron chi connectivity index (χ1n) is 8.97. The van der Waals surface area contributed by atoms with Crippen molar-refractivity contribution in [3.8, 4) is 0 Å². The first kappa shape index (κ1) is 17.7. The minimum atomic E-state index is -0.327. The van der Waals surface area contributed by atoms with E-state index in [1.807, 2.05) is 20.8 Å². The fourth-order valence-corrected chi connectivity index (χ4v) is 3.80. The summed E-state index contributed by atoms with van der Waals surface area (Å²) in [5, 5.41) is 12.4. The Hall–Kier alpha value is -0.610. The van der Waals surface area contributed by atoms with Crippen LogP contribution in [-0.2, 0) is 4.79 Å². The maximum Gasteiger partial charge on any atom is 0.225 e. The zero-order valence-electron chi connectivity index (χ0n) is 14.8.